The summed E-state index contributed by atoms with van der Waals surface area (Å²) in [6.07, 6.45) is 3.87. The van der Waals surface area contributed by atoms with Crippen molar-refractivity contribution in [3.05, 3.63) is 40.1 Å². The molecule has 0 aliphatic heterocycles. The second kappa shape index (κ2) is 9.52. The van der Waals surface area contributed by atoms with Crippen LogP contribution in [0.1, 0.15) is 13.8 Å². The monoisotopic (exact) mass is 324 g/mol. The summed E-state index contributed by atoms with van der Waals surface area (Å²) in [5, 5.41) is 4.30. The Kier molecular flexibility index (Phi) is 8.00. The highest BCUT2D eigenvalue weighted by Crippen LogP contribution is 2.29. The Morgan fingerprint density at radius 1 is 1.24 bits per heavy atom. The molecular formula is C15H20N2O2S2. The molecule has 0 spiro atoms. The zero-order valence-corrected chi connectivity index (χ0v) is 14.3. The number of carbonyl (C=O) groups is 1. The van der Waals surface area contributed by atoms with Gasteiger partial charge in [-0.15, -0.1) is 23.5 Å². The first-order valence-electron chi connectivity index (χ1n) is 6.49. The van der Waals surface area contributed by atoms with Gasteiger partial charge in [0, 0.05) is 0 Å². The molecule has 0 aliphatic carbocycles. The van der Waals surface area contributed by atoms with Gasteiger partial charge in [-0.05, 0) is 38.5 Å². The average molecular weight is 324 g/mol. The summed E-state index contributed by atoms with van der Waals surface area (Å²) in [7, 11) is 0. The molecule has 0 saturated heterocycles. The van der Waals surface area contributed by atoms with Crippen LogP contribution in [0.5, 0.6) is 0 Å². The van der Waals surface area contributed by atoms with Crippen LogP contribution in [0.2, 0.25) is 0 Å². The second-order valence-electron chi connectivity index (χ2n) is 3.97. The van der Waals surface area contributed by atoms with E-state index in [0.29, 0.717) is 17.9 Å². The molecule has 0 saturated carbocycles. The van der Waals surface area contributed by atoms with Gasteiger partial charge in [-0.2, -0.15) is 5.10 Å². The molecule has 0 heterocycles. The summed E-state index contributed by atoms with van der Waals surface area (Å²) in [6.45, 7) is 3.94. The van der Waals surface area contributed by atoms with Crippen molar-refractivity contribution >= 4 is 40.9 Å². The molecular weight excluding hydrogens is 304 g/mol. The molecule has 1 aromatic rings. The van der Waals surface area contributed by atoms with Crippen molar-refractivity contribution in [2.75, 3.05) is 24.5 Å². The van der Waals surface area contributed by atoms with Crippen LogP contribution in [-0.2, 0) is 9.53 Å². The molecule has 1 rings (SSSR count). The predicted octanol–water partition coefficient (Wildman–Crippen LogP) is 3.98. The SMILES string of the molecule is CCOC(=O)C(=C(SC)SC)/C(C)=N\Nc1ccccc1. The van der Waals surface area contributed by atoms with Gasteiger partial charge in [0.15, 0.2) is 0 Å². The maximum Gasteiger partial charge on any atom is 0.341 e. The quantitative estimate of drug-likeness (QED) is 0.356. The van der Waals surface area contributed by atoms with Gasteiger partial charge in [-0.1, -0.05) is 18.2 Å². The number of para-hydroxylation sites is 1. The minimum atomic E-state index is -0.340. The third-order valence-corrected chi connectivity index (χ3v) is 4.69. The zero-order valence-electron chi connectivity index (χ0n) is 12.7. The number of carbonyl (C=O) groups excluding carboxylic acids is 1. The highest BCUT2D eigenvalue weighted by atomic mass is 32.2. The van der Waals surface area contributed by atoms with E-state index in [0.717, 1.165) is 9.92 Å². The summed E-state index contributed by atoms with van der Waals surface area (Å²) < 4.78 is 6.02. The van der Waals surface area contributed by atoms with Crippen molar-refractivity contribution in [2.24, 2.45) is 5.10 Å². The van der Waals surface area contributed by atoms with Gasteiger partial charge in [0.2, 0.25) is 0 Å². The fourth-order valence-electron chi connectivity index (χ4n) is 1.59. The Morgan fingerprint density at radius 3 is 2.38 bits per heavy atom. The van der Waals surface area contributed by atoms with E-state index in [1.54, 1.807) is 13.8 Å². The van der Waals surface area contributed by atoms with Gasteiger partial charge in [0.1, 0.15) is 5.57 Å². The van der Waals surface area contributed by atoms with Crippen LogP contribution in [0.25, 0.3) is 0 Å². The Morgan fingerprint density at radius 2 is 1.86 bits per heavy atom. The third-order valence-electron chi connectivity index (χ3n) is 2.54. The Balaban J connectivity index is 3.02. The number of esters is 1. The van der Waals surface area contributed by atoms with Crippen LogP contribution in [0.3, 0.4) is 0 Å². The minimum Gasteiger partial charge on any atom is -0.462 e. The van der Waals surface area contributed by atoms with Crippen molar-refractivity contribution in [1.29, 1.82) is 0 Å². The molecule has 0 atom stereocenters. The first-order chi connectivity index (χ1) is 10.1. The molecule has 0 bridgehead atoms. The number of hydrazone groups is 1. The van der Waals surface area contributed by atoms with Crippen LogP contribution in [-0.4, -0.2) is 30.8 Å². The molecule has 0 fully saturated rings. The Bertz CT molecular complexity index is 522. The number of hydrogen-bond donors (Lipinski definition) is 1. The lowest BCUT2D eigenvalue weighted by Gasteiger charge is -2.11. The fourth-order valence-corrected chi connectivity index (χ4v) is 3.12. The van der Waals surface area contributed by atoms with Crippen molar-refractivity contribution in [3.63, 3.8) is 0 Å². The van der Waals surface area contributed by atoms with Crippen LogP contribution >= 0.6 is 23.5 Å². The molecule has 6 heteroatoms. The number of anilines is 1. The normalized spacial score (nSPS) is 11.0. The number of nitrogens with one attached hydrogen (secondary N) is 1. The lowest BCUT2D eigenvalue weighted by Crippen LogP contribution is -2.16. The maximum absolute atomic E-state index is 12.1. The minimum absolute atomic E-state index is 0.340. The summed E-state index contributed by atoms with van der Waals surface area (Å²) in [6, 6.07) is 9.60. The molecule has 0 aliphatic rings. The largest absolute Gasteiger partial charge is 0.462 e. The lowest BCUT2D eigenvalue weighted by molar-refractivity contribution is -0.137. The van der Waals surface area contributed by atoms with Gasteiger partial charge in [0.25, 0.3) is 0 Å². The molecule has 4 nitrogen and oxygen atoms in total. The molecule has 114 valence electrons. The number of rotatable bonds is 7. The Hall–Kier alpha value is -1.40. The molecule has 0 amide bonds. The number of thioether (sulfide) groups is 2. The van der Waals surface area contributed by atoms with E-state index in [-0.39, 0.29) is 5.97 Å². The van der Waals surface area contributed by atoms with E-state index in [1.165, 1.54) is 23.5 Å². The van der Waals surface area contributed by atoms with Crippen LogP contribution < -0.4 is 5.43 Å². The highest BCUT2D eigenvalue weighted by molar-refractivity contribution is 8.21. The first kappa shape index (κ1) is 17.7. The maximum atomic E-state index is 12.1. The van der Waals surface area contributed by atoms with Gasteiger partial charge in [-0.25, -0.2) is 4.79 Å². The van der Waals surface area contributed by atoms with Crippen LogP contribution in [0.4, 0.5) is 5.69 Å². The topological polar surface area (TPSA) is 50.7 Å². The third kappa shape index (κ3) is 5.47. The van der Waals surface area contributed by atoms with E-state index in [9.17, 15) is 4.79 Å². The molecule has 21 heavy (non-hydrogen) atoms. The number of benzene rings is 1. The summed E-state index contributed by atoms with van der Waals surface area (Å²) in [5.74, 6) is -0.340. The molecule has 0 radical (unpaired) electrons. The van der Waals surface area contributed by atoms with Gasteiger partial charge >= 0.3 is 5.97 Å². The van der Waals surface area contributed by atoms with E-state index < -0.39 is 0 Å². The number of ether oxygens (including phenoxy) is 1. The summed E-state index contributed by atoms with van der Waals surface area (Å²) in [5.41, 5.74) is 4.94. The molecule has 0 unspecified atom stereocenters. The van der Waals surface area contributed by atoms with E-state index in [4.69, 9.17) is 4.74 Å². The fraction of sp³-hybridized carbons (Fsp3) is 0.333. The molecule has 1 N–H and O–H groups in total. The standard InChI is InChI=1S/C15H20N2O2S2/c1-5-19-14(18)13(15(20-3)21-4)11(2)16-17-12-9-7-6-8-10-12/h6-10,17H,5H2,1-4H3/b16-11-. The second-order valence-corrected chi connectivity index (χ2v) is 5.86. The van der Waals surface area contributed by atoms with Gasteiger partial charge in [0.05, 0.1) is 22.2 Å². The van der Waals surface area contributed by atoms with E-state index >= 15 is 0 Å². The summed E-state index contributed by atoms with van der Waals surface area (Å²) >= 11 is 3.03. The van der Waals surface area contributed by atoms with Crippen molar-refractivity contribution in [1.82, 2.24) is 0 Å². The van der Waals surface area contributed by atoms with Crippen LogP contribution in [0, 0.1) is 0 Å². The van der Waals surface area contributed by atoms with E-state index in [2.05, 4.69) is 10.5 Å². The lowest BCUT2D eigenvalue weighted by atomic mass is 10.2. The first-order valence-corrected chi connectivity index (χ1v) is 8.94. The number of nitrogens with zero attached hydrogens (tertiary/aromatic N) is 1. The zero-order chi connectivity index (χ0) is 15.7. The van der Waals surface area contributed by atoms with Gasteiger partial charge in [-0.3, -0.25) is 5.43 Å². The highest BCUT2D eigenvalue weighted by Gasteiger charge is 2.19. The van der Waals surface area contributed by atoms with Crippen molar-refractivity contribution in [3.8, 4) is 0 Å². The number of hydrogen-bond acceptors (Lipinski definition) is 6. The van der Waals surface area contributed by atoms with Crippen LogP contribution in [0.15, 0.2) is 45.2 Å². The predicted molar refractivity (Wildman–Crippen MR) is 93.9 cm³/mol. The molecule has 1 aromatic carbocycles. The van der Waals surface area contributed by atoms with Crippen molar-refractivity contribution in [2.45, 2.75) is 13.8 Å². The van der Waals surface area contributed by atoms with Crippen molar-refractivity contribution < 1.29 is 9.53 Å². The van der Waals surface area contributed by atoms with E-state index in [1.807, 2.05) is 42.8 Å². The molecule has 0 aromatic heterocycles. The Labute approximate surface area is 134 Å². The summed E-state index contributed by atoms with van der Waals surface area (Å²) in [4.78, 5) is 12.1. The van der Waals surface area contributed by atoms with Gasteiger partial charge < -0.3 is 4.74 Å². The smallest absolute Gasteiger partial charge is 0.341 e. The average Bonchev–Trinajstić information content (AvgIpc) is 2.51.